The topological polar surface area (TPSA) is 65.5 Å². The summed E-state index contributed by atoms with van der Waals surface area (Å²) in [5.74, 6) is -0.453. The standard InChI is InChI=1S/C21H24N4O2/c1-3-10-22-20(26)18-8-5-9-19(23-18)21(27)25-13-11-24(12-14-25)17-7-4-6-16(2)15-17/h3-9,15H,1,10-14H2,2H3,(H,22,26). The van der Waals surface area contributed by atoms with Crippen LogP contribution in [0.1, 0.15) is 26.5 Å². The minimum atomic E-state index is -0.311. The number of aromatic nitrogens is 1. The van der Waals surface area contributed by atoms with E-state index in [1.807, 2.05) is 0 Å². The normalized spacial score (nSPS) is 14.0. The van der Waals surface area contributed by atoms with E-state index in [1.165, 1.54) is 11.3 Å². The van der Waals surface area contributed by atoms with E-state index >= 15 is 0 Å². The van der Waals surface area contributed by atoms with Crippen molar-refractivity contribution in [2.75, 3.05) is 37.6 Å². The molecule has 1 saturated heterocycles. The number of piperazine rings is 1. The van der Waals surface area contributed by atoms with Crippen molar-refractivity contribution in [2.24, 2.45) is 0 Å². The van der Waals surface area contributed by atoms with Gasteiger partial charge in [-0.15, -0.1) is 6.58 Å². The summed E-state index contributed by atoms with van der Waals surface area (Å²) in [6.45, 7) is 8.80. The van der Waals surface area contributed by atoms with Crippen LogP contribution in [0, 0.1) is 6.92 Å². The number of carbonyl (C=O) groups excluding carboxylic acids is 2. The summed E-state index contributed by atoms with van der Waals surface area (Å²) in [6, 6.07) is 13.3. The van der Waals surface area contributed by atoms with E-state index in [4.69, 9.17) is 0 Å². The van der Waals surface area contributed by atoms with Crippen LogP contribution in [0.25, 0.3) is 0 Å². The van der Waals surface area contributed by atoms with Gasteiger partial charge in [-0.2, -0.15) is 0 Å². The van der Waals surface area contributed by atoms with Gasteiger partial charge in [0.2, 0.25) is 0 Å². The largest absolute Gasteiger partial charge is 0.368 e. The van der Waals surface area contributed by atoms with Gasteiger partial charge in [-0.05, 0) is 36.8 Å². The van der Waals surface area contributed by atoms with Crippen LogP contribution in [0.4, 0.5) is 5.69 Å². The van der Waals surface area contributed by atoms with Crippen molar-refractivity contribution in [3.8, 4) is 0 Å². The SMILES string of the molecule is C=CCNC(=O)c1cccc(C(=O)N2CCN(c3cccc(C)c3)CC2)n1. The molecule has 1 aliphatic rings. The molecule has 6 heteroatoms. The molecule has 2 heterocycles. The van der Waals surface area contributed by atoms with Crippen molar-refractivity contribution >= 4 is 17.5 Å². The highest BCUT2D eigenvalue weighted by molar-refractivity contribution is 5.96. The summed E-state index contributed by atoms with van der Waals surface area (Å²) in [5.41, 5.74) is 2.94. The van der Waals surface area contributed by atoms with Crippen molar-refractivity contribution in [3.63, 3.8) is 0 Å². The highest BCUT2D eigenvalue weighted by Gasteiger charge is 2.23. The molecule has 1 aliphatic heterocycles. The number of anilines is 1. The molecular formula is C21H24N4O2. The summed E-state index contributed by atoms with van der Waals surface area (Å²) in [7, 11) is 0. The van der Waals surface area contributed by atoms with Crippen molar-refractivity contribution in [2.45, 2.75) is 6.92 Å². The van der Waals surface area contributed by atoms with Gasteiger partial charge < -0.3 is 15.1 Å². The number of nitrogens with one attached hydrogen (secondary N) is 1. The van der Waals surface area contributed by atoms with Gasteiger partial charge in [0.25, 0.3) is 11.8 Å². The van der Waals surface area contributed by atoms with Crippen LogP contribution in [0.3, 0.4) is 0 Å². The Labute approximate surface area is 159 Å². The number of nitrogens with zero attached hydrogens (tertiary/aromatic N) is 3. The molecule has 2 amide bonds. The minimum Gasteiger partial charge on any atom is -0.368 e. The molecule has 0 radical (unpaired) electrons. The average Bonchev–Trinajstić information content (AvgIpc) is 2.71. The predicted octanol–water partition coefficient (Wildman–Crippen LogP) is 2.27. The van der Waals surface area contributed by atoms with Crippen LogP contribution in [-0.4, -0.2) is 54.4 Å². The fraction of sp³-hybridized carbons (Fsp3) is 0.286. The van der Waals surface area contributed by atoms with Crippen LogP contribution < -0.4 is 10.2 Å². The third-order valence-electron chi connectivity index (χ3n) is 4.54. The zero-order valence-electron chi connectivity index (χ0n) is 15.5. The second kappa shape index (κ2) is 8.49. The molecule has 0 atom stereocenters. The molecular weight excluding hydrogens is 340 g/mol. The van der Waals surface area contributed by atoms with Crippen molar-refractivity contribution < 1.29 is 9.59 Å². The van der Waals surface area contributed by atoms with E-state index in [2.05, 4.69) is 53.0 Å². The number of benzene rings is 1. The first kappa shape index (κ1) is 18.6. The molecule has 0 spiro atoms. The first-order chi connectivity index (χ1) is 13.1. The molecule has 1 aromatic carbocycles. The quantitative estimate of drug-likeness (QED) is 0.827. The Hall–Kier alpha value is -3.15. The van der Waals surface area contributed by atoms with Crippen molar-refractivity contribution in [1.29, 1.82) is 0 Å². The van der Waals surface area contributed by atoms with Crippen LogP contribution in [0.5, 0.6) is 0 Å². The van der Waals surface area contributed by atoms with Gasteiger partial charge in [-0.3, -0.25) is 9.59 Å². The predicted molar refractivity (Wildman–Crippen MR) is 106 cm³/mol. The maximum absolute atomic E-state index is 12.8. The smallest absolute Gasteiger partial charge is 0.272 e. The summed E-state index contributed by atoms with van der Waals surface area (Å²) >= 11 is 0. The van der Waals surface area contributed by atoms with E-state index in [0.717, 1.165) is 13.1 Å². The molecule has 3 rings (SSSR count). The van der Waals surface area contributed by atoms with E-state index in [0.29, 0.717) is 25.3 Å². The zero-order chi connectivity index (χ0) is 19.2. The molecule has 0 unspecified atom stereocenters. The molecule has 6 nitrogen and oxygen atoms in total. The Kier molecular flexibility index (Phi) is 5.86. The maximum atomic E-state index is 12.8. The molecule has 140 valence electrons. The number of hydrogen-bond acceptors (Lipinski definition) is 4. The number of pyridine rings is 1. The second-order valence-electron chi connectivity index (χ2n) is 6.53. The van der Waals surface area contributed by atoms with E-state index in [9.17, 15) is 9.59 Å². The number of aryl methyl sites for hydroxylation is 1. The van der Waals surface area contributed by atoms with E-state index in [1.54, 1.807) is 29.2 Å². The zero-order valence-corrected chi connectivity index (χ0v) is 15.5. The third-order valence-corrected chi connectivity index (χ3v) is 4.54. The molecule has 1 aromatic heterocycles. The molecule has 0 saturated carbocycles. The summed E-state index contributed by atoms with van der Waals surface area (Å²) < 4.78 is 0. The summed E-state index contributed by atoms with van der Waals surface area (Å²) in [6.07, 6.45) is 1.60. The summed E-state index contributed by atoms with van der Waals surface area (Å²) in [4.78, 5) is 33.1. The first-order valence-electron chi connectivity index (χ1n) is 9.05. The fourth-order valence-electron chi connectivity index (χ4n) is 3.09. The van der Waals surface area contributed by atoms with Gasteiger partial charge in [0, 0.05) is 38.4 Å². The molecule has 27 heavy (non-hydrogen) atoms. The number of hydrogen-bond donors (Lipinski definition) is 1. The van der Waals surface area contributed by atoms with Gasteiger partial charge in [0.15, 0.2) is 0 Å². The molecule has 0 aliphatic carbocycles. The molecule has 2 aromatic rings. The van der Waals surface area contributed by atoms with Crippen LogP contribution in [-0.2, 0) is 0 Å². The van der Waals surface area contributed by atoms with Crippen LogP contribution >= 0.6 is 0 Å². The third kappa shape index (κ3) is 4.53. The monoisotopic (exact) mass is 364 g/mol. The van der Waals surface area contributed by atoms with Gasteiger partial charge in [0.1, 0.15) is 11.4 Å². The number of amides is 2. The lowest BCUT2D eigenvalue weighted by molar-refractivity contribution is 0.0740. The minimum absolute atomic E-state index is 0.141. The lowest BCUT2D eigenvalue weighted by Crippen LogP contribution is -2.49. The number of carbonyl (C=O) groups is 2. The van der Waals surface area contributed by atoms with E-state index in [-0.39, 0.29) is 17.5 Å². The molecule has 0 bridgehead atoms. The average molecular weight is 364 g/mol. The van der Waals surface area contributed by atoms with Crippen molar-refractivity contribution in [3.05, 3.63) is 72.1 Å². The highest BCUT2D eigenvalue weighted by Crippen LogP contribution is 2.18. The maximum Gasteiger partial charge on any atom is 0.272 e. The molecule has 1 fully saturated rings. The Bertz CT molecular complexity index is 842. The van der Waals surface area contributed by atoms with Gasteiger partial charge in [-0.1, -0.05) is 24.3 Å². The molecule has 1 N–H and O–H groups in total. The van der Waals surface area contributed by atoms with Crippen molar-refractivity contribution in [1.82, 2.24) is 15.2 Å². The van der Waals surface area contributed by atoms with Gasteiger partial charge in [-0.25, -0.2) is 4.98 Å². The Morgan fingerprint density at radius 3 is 2.52 bits per heavy atom. The first-order valence-corrected chi connectivity index (χ1v) is 9.05. The van der Waals surface area contributed by atoms with Gasteiger partial charge >= 0.3 is 0 Å². The highest BCUT2D eigenvalue weighted by atomic mass is 16.2. The Morgan fingerprint density at radius 1 is 1.11 bits per heavy atom. The Balaban J connectivity index is 1.64. The van der Waals surface area contributed by atoms with Crippen LogP contribution in [0.2, 0.25) is 0 Å². The van der Waals surface area contributed by atoms with Crippen LogP contribution in [0.15, 0.2) is 55.1 Å². The summed E-state index contributed by atoms with van der Waals surface area (Å²) in [5, 5.41) is 2.67. The van der Waals surface area contributed by atoms with Gasteiger partial charge in [0.05, 0.1) is 0 Å². The second-order valence-corrected chi connectivity index (χ2v) is 6.53. The lowest BCUT2D eigenvalue weighted by Gasteiger charge is -2.36. The van der Waals surface area contributed by atoms with E-state index < -0.39 is 0 Å². The fourth-order valence-corrected chi connectivity index (χ4v) is 3.09. The lowest BCUT2D eigenvalue weighted by atomic mass is 10.2. The Morgan fingerprint density at radius 2 is 1.81 bits per heavy atom. The number of rotatable bonds is 5.